The molecule has 0 unspecified atom stereocenters. The Morgan fingerprint density at radius 2 is 1.59 bits per heavy atom. The van der Waals surface area contributed by atoms with E-state index in [9.17, 15) is 4.79 Å². The maximum Gasteiger partial charge on any atom is 0.250 e. The van der Waals surface area contributed by atoms with Crippen LogP contribution in [0.3, 0.4) is 0 Å². The number of hydrogen-bond donors (Lipinski definition) is 1. The quantitative estimate of drug-likeness (QED) is 0.471. The summed E-state index contributed by atoms with van der Waals surface area (Å²) in [4.78, 5) is 17.2. The third kappa shape index (κ3) is 4.91. The lowest BCUT2D eigenvalue weighted by Gasteiger charge is -2.26. The van der Waals surface area contributed by atoms with Crippen molar-refractivity contribution in [1.29, 1.82) is 0 Å². The topological polar surface area (TPSA) is 37.3 Å². The van der Waals surface area contributed by atoms with Crippen molar-refractivity contribution in [3.63, 3.8) is 0 Å². The average Bonchev–Trinajstić information content (AvgIpc) is 3.30. The van der Waals surface area contributed by atoms with Crippen LogP contribution in [0.15, 0.2) is 89.9 Å². The lowest BCUT2D eigenvalue weighted by atomic mass is 10.0. The molecule has 0 aliphatic carbocycles. The number of benzene rings is 2. The van der Waals surface area contributed by atoms with Crippen molar-refractivity contribution in [2.75, 3.05) is 26.2 Å². The minimum absolute atomic E-state index is 0.0246. The van der Waals surface area contributed by atoms with E-state index in [1.807, 2.05) is 23.6 Å². The fraction of sp³-hybridized carbons (Fsp3) is 0.222. The molecule has 0 atom stereocenters. The van der Waals surface area contributed by atoms with E-state index < -0.39 is 0 Å². The van der Waals surface area contributed by atoms with Gasteiger partial charge in [-0.25, -0.2) is 0 Å². The summed E-state index contributed by atoms with van der Waals surface area (Å²) in [5.41, 5.74) is 4.81. The first-order valence-electron chi connectivity index (χ1n) is 11.1. The van der Waals surface area contributed by atoms with Crippen LogP contribution < -0.4 is 10.9 Å². The van der Waals surface area contributed by atoms with Crippen LogP contribution in [0.5, 0.6) is 0 Å². The molecule has 162 valence electrons. The molecule has 3 heterocycles. The number of thiophene rings is 1. The van der Waals surface area contributed by atoms with Crippen molar-refractivity contribution in [1.82, 2.24) is 14.8 Å². The summed E-state index contributed by atoms with van der Waals surface area (Å²) in [6.07, 6.45) is 1.83. The Kier molecular flexibility index (Phi) is 6.30. The summed E-state index contributed by atoms with van der Waals surface area (Å²) in [5.74, 6) is 0. The summed E-state index contributed by atoms with van der Waals surface area (Å²) in [7, 11) is 0. The molecule has 5 rings (SSSR count). The minimum atomic E-state index is 0.0246. The van der Waals surface area contributed by atoms with E-state index >= 15 is 0 Å². The van der Waals surface area contributed by atoms with Crippen LogP contribution >= 0.6 is 11.3 Å². The second-order valence-electron chi connectivity index (χ2n) is 8.24. The Balaban J connectivity index is 1.31. The molecule has 0 saturated carbocycles. The van der Waals surface area contributed by atoms with Crippen molar-refractivity contribution in [3.8, 4) is 21.6 Å². The van der Waals surface area contributed by atoms with Crippen molar-refractivity contribution in [2.24, 2.45) is 0 Å². The predicted octanol–water partition coefficient (Wildman–Crippen LogP) is 4.70. The fourth-order valence-electron chi connectivity index (χ4n) is 4.15. The molecule has 4 aromatic rings. The average molecular weight is 442 g/mol. The van der Waals surface area contributed by atoms with Gasteiger partial charge < -0.3 is 9.88 Å². The summed E-state index contributed by atoms with van der Waals surface area (Å²) in [6.45, 7) is 6.04. The van der Waals surface area contributed by atoms with Gasteiger partial charge in [0.15, 0.2) is 0 Å². The lowest BCUT2D eigenvalue weighted by molar-refractivity contribution is 0.235. The van der Waals surface area contributed by atoms with Gasteiger partial charge >= 0.3 is 0 Å². The highest BCUT2D eigenvalue weighted by molar-refractivity contribution is 7.15. The molecule has 1 saturated heterocycles. The summed E-state index contributed by atoms with van der Waals surface area (Å²) < 4.78 is 1.73. The normalized spacial score (nSPS) is 14.5. The van der Waals surface area contributed by atoms with Crippen LogP contribution in [0.4, 0.5) is 0 Å². The lowest BCUT2D eigenvalue weighted by Crippen LogP contribution is -2.42. The van der Waals surface area contributed by atoms with E-state index in [4.69, 9.17) is 0 Å². The van der Waals surface area contributed by atoms with Gasteiger partial charge in [-0.15, -0.1) is 11.3 Å². The Hall–Kier alpha value is -2.99. The van der Waals surface area contributed by atoms with E-state index in [1.54, 1.807) is 16.7 Å². The molecule has 2 aromatic heterocycles. The van der Waals surface area contributed by atoms with Crippen LogP contribution in [0.2, 0.25) is 0 Å². The molecule has 32 heavy (non-hydrogen) atoms. The number of hydrogen-bond acceptors (Lipinski definition) is 4. The summed E-state index contributed by atoms with van der Waals surface area (Å²) in [5, 5.41) is 3.42. The first-order valence-corrected chi connectivity index (χ1v) is 11.9. The molecule has 1 fully saturated rings. The second kappa shape index (κ2) is 9.65. The highest BCUT2D eigenvalue weighted by Gasteiger charge is 2.12. The van der Waals surface area contributed by atoms with Crippen molar-refractivity contribution >= 4 is 11.3 Å². The highest BCUT2D eigenvalue weighted by atomic mass is 32.1. The first kappa shape index (κ1) is 20.9. The van der Waals surface area contributed by atoms with Crippen molar-refractivity contribution in [2.45, 2.75) is 13.1 Å². The van der Waals surface area contributed by atoms with E-state index in [2.05, 4.69) is 70.9 Å². The van der Waals surface area contributed by atoms with E-state index in [1.165, 1.54) is 26.4 Å². The molecule has 5 heteroatoms. The van der Waals surface area contributed by atoms with E-state index in [0.717, 1.165) is 38.3 Å². The largest absolute Gasteiger partial charge is 0.314 e. The fourth-order valence-corrected chi connectivity index (χ4v) is 5.20. The standard InChI is InChI=1S/C27H27N3OS/c31-27-6-1-2-15-30(27)19-21-7-9-22(10-8-21)23-4-3-5-24(18-23)26-12-11-25(32-26)20-29-16-13-28-14-17-29/h1-12,15,18,28H,13-14,16-17,19-20H2. The summed E-state index contributed by atoms with van der Waals surface area (Å²) in [6, 6.07) is 27.1. The molecule has 2 aromatic carbocycles. The Labute approximate surface area is 192 Å². The molecular formula is C27H27N3OS. The van der Waals surface area contributed by atoms with Gasteiger partial charge in [0.2, 0.25) is 0 Å². The maximum atomic E-state index is 12.0. The minimum Gasteiger partial charge on any atom is -0.314 e. The van der Waals surface area contributed by atoms with Crippen LogP contribution in [0.25, 0.3) is 21.6 Å². The monoisotopic (exact) mass is 441 g/mol. The zero-order chi connectivity index (χ0) is 21.8. The smallest absolute Gasteiger partial charge is 0.250 e. The third-order valence-corrected chi connectivity index (χ3v) is 7.06. The van der Waals surface area contributed by atoms with Crippen molar-refractivity contribution < 1.29 is 0 Å². The zero-order valence-corrected chi connectivity index (χ0v) is 18.9. The molecule has 0 spiro atoms. The van der Waals surface area contributed by atoms with E-state index in [-0.39, 0.29) is 5.56 Å². The predicted molar refractivity (Wildman–Crippen MR) is 133 cm³/mol. The number of nitrogens with one attached hydrogen (secondary N) is 1. The number of aromatic nitrogens is 1. The van der Waals surface area contributed by atoms with Gasteiger partial charge in [-0.05, 0) is 46.5 Å². The van der Waals surface area contributed by atoms with Gasteiger partial charge in [-0.3, -0.25) is 9.69 Å². The number of nitrogens with zero attached hydrogens (tertiary/aromatic N) is 2. The van der Waals surface area contributed by atoms with Crippen LogP contribution in [0, 0.1) is 0 Å². The maximum absolute atomic E-state index is 12.0. The Morgan fingerprint density at radius 1 is 0.781 bits per heavy atom. The third-order valence-electron chi connectivity index (χ3n) is 5.94. The summed E-state index contributed by atoms with van der Waals surface area (Å²) >= 11 is 1.89. The molecule has 0 radical (unpaired) electrons. The number of piperazine rings is 1. The number of pyridine rings is 1. The Morgan fingerprint density at radius 3 is 2.41 bits per heavy atom. The highest BCUT2D eigenvalue weighted by Crippen LogP contribution is 2.32. The van der Waals surface area contributed by atoms with Gasteiger partial charge in [-0.2, -0.15) is 0 Å². The molecule has 4 nitrogen and oxygen atoms in total. The van der Waals surface area contributed by atoms with Crippen LogP contribution in [-0.2, 0) is 13.1 Å². The zero-order valence-electron chi connectivity index (χ0n) is 18.0. The second-order valence-corrected chi connectivity index (χ2v) is 9.40. The molecule has 1 N–H and O–H groups in total. The van der Waals surface area contributed by atoms with Gasteiger partial charge in [0.1, 0.15) is 0 Å². The van der Waals surface area contributed by atoms with Gasteiger partial charge in [0.05, 0.1) is 6.54 Å². The molecule has 0 bridgehead atoms. The van der Waals surface area contributed by atoms with E-state index in [0.29, 0.717) is 6.54 Å². The SMILES string of the molecule is O=c1ccccn1Cc1ccc(-c2cccc(-c3ccc(CN4CCNCC4)s3)c2)cc1. The van der Waals surface area contributed by atoms with Crippen molar-refractivity contribution in [3.05, 3.63) is 106 Å². The van der Waals surface area contributed by atoms with Gasteiger partial charge in [0.25, 0.3) is 5.56 Å². The Bertz CT molecular complexity index is 1240. The van der Waals surface area contributed by atoms with Crippen LogP contribution in [-0.4, -0.2) is 35.6 Å². The molecular weight excluding hydrogens is 414 g/mol. The van der Waals surface area contributed by atoms with Crippen LogP contribution in [0.1, 0.15) is 10.4 Å². The number of rotatable bonds is 6. The first-order chi connectivity index (χ1) is 15.7. The van der Waals surface area contributed by atoms with Gasteiger partial charge in [-0.1, -0.05) is 48.5 Å². The van der Waals surface area contributed by atoms with Gasteiger partial charge in [0, 0.05) is 54.7 Å². The molecule has 1 aliphatic rings. The molecule has 1 aliphatic heterocycles. The molecule has 0 amide bonds.